The lowest BCUT2D eigenvalue weighted by Crippen LogP contribution is -2.44. The zero-order valence-corrected chi connectivity index (χ0v) is 15.9. The van der Waals surface area contributed by atoms with Crippen LogP contribution in [-0.4, -0.2) is 37.4 Å². The maximum absolute atomic E-state index is 11.9. The number of carbonyl (C=O) groups is 1. The lowest BCUT2D eigenvalue weighted by Gasteiger charge is -2.25. The monoisotopic (exact) mass is 350 g/mol. The average molecular weight is 350 g/mol. The van der Waals surface area contributed by atoms with Crippen LogP contribution in [0, 0.1) is 5.92 Å². The van der Waals surface area contributed by atoms with Gasteiger partial charge in [0.05, 0.1) is 25.4 Å². The molecule has 1 rings (SSSR count). The van der Waals surface area contributed by atoms with Gasteiger partial charge in [-0.2, -0.15) is 0 Å². The number of guanidine groups is 1. The molecule has 1 atom stereocenters. The standard InChI is InChI=1S/C18H30N4O3/c1-12(2)14(22-17(23)25-18(3,4)5)11-20-16(19)21-13-9-7-8-10-15(13)24-6/h7-10,12,14H,11H2,1-6H3,(H,22,23)(H3,19,20,21). The van der Waals surface area contributed by atoms with Crippen LogP contribution in [-0.2, 0) is 4.74 Å². The molecule has 0 saturated heterocycles. The Balaban J connectivity index is 2.69. The molecule has 0 spiro atoms. The number of alkyl carbamates (subject to hydrolysis) is 1. The van der Waals surface area contributed by atoms with Crippen LogP contribution < -0.4 is 21.1 Å². The number of benzene rings is 1. The van der Waals surface area contributed by atoms with E-state index in [1.54, 1.807) is 7.11 Å². The minimum Gasteiger partial charge on any atom is -0.495 e. The van der Waals surface area contributed by atoms with Crippen molar-refractivity contribution in [2.75, 3.05) is 19.0 Å². The van der Waals surface area contributed by atoms with Gasteiger partial charge < -0.3 is 25.8 Å². The molecule has 0 aliphatic heterocycles. The maximum Gasteiger partial charge on any atom is 0.407 e. The Morgan fingerprint density at radius 1 is 1.28 bits per heavy atom. The number of anilines is 1. The quantitative estimate of drug-likeness (QED) is 0.541. The summed E-state index contributed by atoms with van der Waals surface area (Å²) in [7, 11) is 1.59. The van der Waals surface area contributed by atoms with E-state index in [1.165, 1.54) is 0 Å². The van der Waals surface area contributed by atoms with Crippen molar-refractivity contribution in [1.29, 1.82) is 0 Å². The summed E-state index contributed by atoms with van der Waals surface area (Å²) in [5.41, 5.74) is 6.14. The third kappa shape index (κ3) is 7.78. The van der Waals surface area contributed by atoms with Crippen LogP contribution in [0.1, 0.15) is 34.6 Å². The Labute approximate surface area is 150 Å². The maximum atomic E-state index is 11.9. The van der Waals surface area contributed by atoms with Crippen molar-refractivity contribution >= 4 is 17.7 Å². The molecule has 0 saturated carbocycles. The number of nitrogens with one attached hydrogen (secondary N) is 2. The molecule has 0 heterocycles. The predicted octanol–water partition coefficient (Wildman–Crippen LogP) is 2.97. The summed E-state index contributed by atoms with van der Waals surface area (Å²) < 4.78 is 10.6. The Morgan fingerprint density at radius 3 is 2.48 bits per heavy atom. The summed E-state index contributed by atoms with van der Waals surface area (Å²) >= 11 is 0. The summed E-state index contributed by atoms with van der Waals surface area (Å²) in [6.07, 6.45) is -0.461. The number of aliphatic imine (C=N–C) groups is 1. The molecule has 25 heavy (non-hydrogen) atoms. The molecular weight excluding hydrogens is 320 g/mol. The van der Waals surface area contributed by atoms with Crippen LogP contribution >= 0.6 is 0 Å². The summed E-state index contributed by atoms with van der Waals surface area (Å²) in [4.78, 5) is 16.3. The predicted molar refractivity (Wildman–Crippen MR) is 101 cm³/mol. The number of rotatable bonds is 6. The van der Waals surface area contributed by atoms with E-state index in [0.29, 0.717) is 12.3 Å². The number of para-hydroxylation sites is 2. The van der Waals surface area contributed by atoms with Crippen molar-refractivity contribution in [3.8, 4) is 5.75 Å². The number of carbonyl (C=O) groups excluding carboxylic acids is 1. The fraction of sp³-hybridized carbons (Fsp3) is 0.556. The minimum atomic E-state index is -0.542. The first-order valence-electron chi connectivity index (χ1n) is 8.32. The van der Waals surface area contributed by atoms with Gasteiger partial charge in [-0.1, -0.05) is 26.0 Å². The summed E-state index contributed by atoms with van der Waals surface area (Å²) in [5, 5.41) is 5.84. The number of methoxy groups -OCH3 is 1. The molecule has 0 radical (unpaired) electrons. The zero-order valence-electron chi connectivity index (χ0n) is 15.9. The molecule has 7 nitrogen and oxygen atoms in total. The first kappa shape index (κ1) is 20.6. The van der Waals surface area contributed by atoms with E-state index < -0.39 is 11.7 Å². The number of nitrogens with two attached hydrogens (primary N) is 1. The topological polar surface area (TPSA) is 98.0 Å². The van der Waals surface area contributed by atoms with E-state index in [2.05, 4.69) is 15.6 Å². The molecule has 4 N–H and O–H groups in total. The van der Waals surface area contributed by atoms with Crippen LogP contribution in [0.5, 0.6) is 5.75 Å². The second-order valence-electron chi connectivity index (χ2n) is 7.05. The molecule has 1 amide bonds. The van der Waals surface area contributed by atoms with E-state index >= 15 is 0 Å². The third-order valence-corrected chi connectivity index (χ3v) is 3.33. The minimum absolute atomic E-state index is 0.176. The van der Waals surface area contributed by atoms with Gasteiger partial charge >= 0.3 is 6.09 Å². The van der Waals surface area contributed by atoms with Gasteiger partial charge in [0.25, 0.3) is 0 Å². The number of ether oxygens (including phenoxy) is 2. The Morgan fingerprint density at radius 2 is 1.92 bits per heavy atom. The van der Waals surface area contributed by atoms with E-state index in [4.69, 9.17) is 15.2 Å². The molecule has 0 fully saturated rings. The molecule has 0 bridgehead atoms. The van der Waals surface area contributed by atoms with Crippen LogP contribution in [0.15, 0.2) is 29.3 Å². The molecule has 1 aromatic rings. The van der Waals surface area contributed by atoms with Gasteiger partial charge in [0.1, 0.15) is 11.4 Å². The highest BCUT2D eigenvalue weighted by atomic mass is 16.6. The lowest BCUT2D eigenvalue weighted by molar-refractivity contribution is 0.0493. The Hall–Kier alpha value is -2.44. The van der Waals surface area contributed by atoms with Gasteiger partial charge in [-0.25, -0.2) is 4.79 Å². The fourth-order valence-electron chi connectivity index (χ4n) is 2.00. The molecule has 0 aliphatic carbocycles. The number of hydrogen-bond acceptors (Lipinski definition) is 4. The average Bonchev–Trinajstić information content (AvgIpc) is 2.49. The lowest BCUT2D eigenvalue weighted by atomic mass is 10.1. The molecule has 1 unspecified atom stereocenters. The second-order valence-corrected chi connectivity index (χ2v) is 7.05. The van der Waals surface area contributed by atoms with Crippen molar-refractivity contribution in [2.24, 2.45) is 16.6 Å². The van der Waals surface area contributed by atoms with Crippen LogP contribution in [0.4, 0.5) is 10.5 Å². The molecule has 7 heteroatoms. The third-order valence-electron chi connectivity index (χ3n) is 3.33. The summed E-state index contributed by atoms with van der Waals surface area (Å²) in [6, 6.07) is 7.24. The van der Waals surface area contributed by atoms with Crippen LogP contribution in [0.25, 0.3) is 0 Å². The van der Waals surface area contributed by atoms with Gasteiger partial charge in [0.15, 0.2) is 5.96 Å². The highest BCUT2D eigenvalue weighted by Crippen LogP contribution is 2.22. The molecule has 0 aromatic heterocycles. The Kier molecular flexibility index (Phi) is 7.54. The van der Waals surface area contributed by atoms with Gasteiger partial charge in [-0.15, -0.1) is 0 Å². The summed E-state index contributed by atoms with van der Waals surface area (Å²) in [5.74, 6) is 1.10. The first-order chi connectivity index (χ1) is 11.6. The second kappa shape index (κ2) is 9.15. The SMILES string of the molecule is COc1ccccc1NC(N)=NCC(NC(=O)OC(C)(C)C)C(C)C. The smallest absolute Gasteiger partial charge is 0.407 e. The van der Waals surface area contributed by atoms with E-state index in [1.807, 2.05) is 58.9 Å². The van der Waals surface area contributed by atoms with Crippen molar-refractivity contribution in [1.82, 2.24) is 5.32 Å². The van der Waals surface area contributed by atoms with E-state index in [-0.39, 0.29) is 17.9 Å². The molecular formula is C18H30N4O3. The number of amides is 1. The summed E-state index contributed by atoms with van der Waals surface area (Å²) in [6.45, 7) is 9.81. The van der Waals surface area contributed by atoms with Crippen molar-refractivity contribution < 1.29 is 14.3 Å². The van der Waals surface area contributed by atoms with E-state index in [0.717, 1.165) is 5.69 Å². The zero-order chi connectivity index (χ0) is 19.0. The van der Waals surface area contributed by atoms with Gasteiger partial charge in [0.2, 0.25) is 0 Å². The Bertz CT molecular complexity index is 594. The van der Waals surface area contributed by atoms with Crippen molar-refractivity contribution in [3.63, 3.8) is 0 Å². The fourth-order valence-corrected chi connectivity index (χ4v) is 2.00. The van der Waals surface area contributed by atoms with E-state index in [9.17, 15) is 4.79 Å². The highest BCUT2D eigenvalue weighted by molar-refractivity contribution is 5.93. The number of hydrogen-bond donors (Lipinski definition) is 3. The van der Waals surface area contributed by atoms with Crippen molar-refractivity contribution in [3.05, 3.63) is 24.3 Å². The normalized spacial score (nSPS) is 13.3. The largest absolute Gasteiger partial charge is 0.495 e. The van der Waals surface area contributed by atoms with Crippen LogP contribution in [0.2, 0.25) is 0 Å². The van der Waals surface area contributed by atoms with Gasteiger partial charge in [-0.05, 0) is 38.8 Å². The highest BCUT2D eigenvalue weighted by Gasteiger charge is 2.21. The molecule has 0 aliphatic rings. The van der Waals surface area contributed by atoms with Crippen LogP contribution in [0.3, 0.4) is 0 Å². The molecule has 140 valence electrons. The molecule has 1 aromatic carbocycles. The first-order valence-corrected chi connectivity index (χ1v) is 8.32. The van der Waals surface area contributed by atoms with Gasteiger partial charge in [0, 0.05) is 0 Å². The van der Waals surface area contributed by atoms with Gasteiger partial charge in [-0.3, -0.25) is 4.99 Å². The van der Waals surface area contributed by atoms with Crippen molar-refractivity contribution in [2.45, 2.75) is 46.3 Å². The number of nitrogens with zero attached hydrogens (tertiary/aromatic N) is 1.